The first-order chi connectivity index (χ1) is 8.06. The summed E-state index contributed by atoms with van der Waals surface area (Å²) in [6.07, 6.45) is 0. The molecule has 0 aliphatic heterocycles. The summed E-state index contributed by atoms with van der Waals surface area (Å²) in [4.78, 5) is 12.1. The number of carbonyl (C=O) groups excluding carboxylic acids is 1. The maximum atomic E-state index is 12.1. The van der Waals surface area contributed by atoms with Gasteiger partial charge in [0.25, 0.3) is 5.91 Å². The van der Waals surface area contributed by atoms with Crippen LogP contribution >= 0.6 is 0 Å². The summed E-state index contributed by atoms with van der Waals surface area (Å²) in [6, 6.07) is 5.92. The average Bonchev–Trinajstić information content (AvgIpc) is 2.26. The molecule has 0 aliphatic carbocycles. The predicted molar refractivity (Wildman–Crippen MR) is 71.3 cm³/mol. The highest BCUT2D eigenvalue weighted by molar-refractivity contribution is 5.97. The smallest absolute Gasteiger partial charge is 0.251 e. The zero-order valence-corrected chi connectivity index (χ0v) is 11.1. The Bertz CT molecular complexity index is 368. The molecule has 1 unspecified atom stereocenters. The van der Waals surface area contributed by atoms with Gasteiger partial charge in [0.1, 0.15) is 0 Å². The second-order valence-corrected chi connectivity index (χ2v) is 4.64. The third-order valence-electron chi connectivity index (χ3n) is 2.87. The maximum absolute atomic E-state index is 12.1. The molecule has 94 valence electrons. The molecule has 17 heavy (non-hydrogen) atoms. The first kappa shape index (κ1) is 13.7. The van der Waals surface area contributed by atoms with Gasteiger partial charge in [-0.15, -0.1) is 0 Å². The minimum atomic E-state index is 0.0311. The van der Waals surface area contributed by atoms with Crippen molar-refractivity contribution in [3.63, 3.8) is 0 Å². The van der Waals surface area contributed by atoms with Crippen LogP contribution in [0, 0.1) is 19.8 Å². The molecule has 0 heterocycles. The van der Waals surface area contributed by atoms with Gasteiger partial charge in [-0.05, 0) is 44.5 Å². The van der Waals surface area contributed by atoms with E-state index in [1.54, 1.807) is 0 Å². The van der Waals surface area contributed by atoms with Gasteiger partial charge in [0.2, 0.25) is 0 Å². The van der Waals surface area contributed by atoms with Crippen LogP contribution in [0.5, 0.6) is 0 Å². The Morgan fingerprint density at radius 1 is 1.24 bits per heavy atom. The molecule has 0 saturated heterocycles. The number of hydrogen-bond acceptors (Lipinski definition) is 2. The van der Waals surface area contributed by atoms with Crippen LogP contribution in [-0.4, -0.2) is 26.0 Å². The van der Waals surface area contributed by atoms with E-state index in [2.05, 4.69) is 17.6 Å². The highest BCUT2D eigenvalue weighted by atomic mass is 16.1. The molecule has 0 bridgehead atoms. The van der Waals surface area contributed by atoms with E-state index >= 15 is 0 Å². The highest BCUT2D eigenvalue weighted by Gasteiger charge is 2.12. The van der Waals surface area contributed by atoms with Gasteiger partial charge in [0.15, 0.2) is 0 Å². The maximum Gasteiger partial charge on any atom is 0.251 e. The lowest BCUT2D eigenvalue weighted by atomic mass is 10.0. The second-order valence-electron chi connectivity index (χ2n) is 4.64. The summed E-state index contributed by atoms with van der Waals surface area (Å²) in [5, 5.41) is 6.09. The molecule has 1 amide bonds. The number of carbonyl (C=O) groups is 1. The van der Waals surface area contributed by atoms with Crippen molar-refractivity contribution in [2.24, 2.45) is 5.92 Å². The summed E-state index contributed by atoms with van der Waals surface area (Å²) in [7, 11) is 1.92. The zero-order valence-electron chi connectivity index (χ0n) is 11.1. The molecule has 1 rings (SSSR count). The van der Waals surface area contributed by atoms with Crippen molar-refractivity contribution in [1.82, 2.24) is 10.6 Å². The molecule has 0 aliphatic rings. The van der Waals surface area contributed by atoms with E-state index in [9.17, 15) is 4.79 Å². The summed E-state index contributed by atoms with van der Waals surface area (Å²) < 4.78 is 0. The highest BCUT2D eigenvalue weighted by Crippen LogP contribution is 2.12. The van der Waals surface area contributed by atoms with Crippen LogP contribution in [0.15, 0.2) is 18.2 Å². The van der Waals surface area contributed by atoms with E-state index in [-0.39, 0.29) is 5.91 Å². The summed E-state index contributed by atoms with van der Waals surface area (Å²) in [5.74, 6) is 0.469. The topological polar surface area (TPSA) is 41.1 Å². The van der Waals surface area contributed by atoms with E-state index in [0.717, 1.165) is 23.2 Å². The number of rotatable bonds is 5. The van der Waals surface area contributed by atoms with Gasteiger partial charge in [-0.1, -0.05) is 25.1 Å². The zero-order chi connectivity index (χ0) is 12.8. The fraction of sp³-hybridized carbons (Fsp3) is 0.500. The standard InChI is InChI=1S/C14H22N2O/c1-10(8-15-4)9-16-14(17)13-11(2)6-5-7-12(13)3/h5-7,10,15H,8-9H2,1-4H3,(H,16,17). The lowest BCUT2D eigenvalue weighted by Gasteiger charge is -2.14. The van der Waals surface area contributed by atoms with Crippen LogP contribution in [0.4, 0.5) is 0 Å². The van der Waals surface area contributed by atoms with Crippen LogP contribution < -0.4 is 10.6 Å². The Morgan fingerprint density at radius 3 is 2.35 bits per heavy atom. The summed E-state index contributed by atoms with van der Waals surface area (Å²) in [5.41, 5.74) is 2.87. The summed E-state index contributed by atoms with van der Waals surface area (Å²) >= 11 is 0. The van der Waals surface area contributed by atoms with Crippen LogP contribution in [0.25, 0.3) is 0 Å². The predicted octanol–water partition coefficient (Wildman–Crippen LogP) is 1.89. The molecular weight excluding hydrogens is 212 g/mol. The molecule has 0 saturated carbocycles. The van der Waals surface area contributed by atoms with Crippen molar-refractivity contribution in [2.45, 2.75) is 20.8 Å². The van der Waals surface area contributed by atoms with Crippen molar-refractivity contribution in [1.29, 1.82) is 0 Å². The van der Waals surface area contributed by atoms with E-state index in [0.29, 0.717) is 12.5 Å². The van der Waals surface area contributed by atoms with E-state index < -0.39 is 0 Å². The third kappa shape index (κ3) is 3.86. The Hall–Kier alpha value is -1.35. The second kappa shape index (κ2) is 6.40. The SMILES string of the molecule is CNCC(C)CNC(=O)c1c(C)cccc1C. The molecule has 1 aromatic rings. The Kier molecular flexibility index (Phi) is 5.16. The number of hydrogen-bond donors (Lipinski definition) is 2. The van der Waals surface area contributed by atoms with Gasteiger partial charge in [-0.25, -0.2) is 0 Å². The van der Waals surface area contributed by atoms with E-state index in [1.165, 1.54) is 0 Å². The largest absolute Gasteiger partial charge is 0.352 e. The Balaban J connectivity index is 2.64. The van der Waals surface area contributed by atoms with Crippen molar-refractivity contribution in [2.75, 3.05) is 20.1 Å². The molecule has 0 aromatic heterocycles. The molecular formula is C14H22N2O. The van der Waals surface area contributed by atoms with Gasteiger partial charge in [0, 0.05) is 12.1 Å². The molecule has 1 atom stereocenters. The Morgan fingerprint density at radius 2 is 1.82 bits per heavy atom. The monoisotopic (exact) mass is 234 g/mol. The molecule has 0 fully saturated rings. The van der Waals surface area contributed by atoms with Crippen LogP contribution in [0.2, 0.25) is 0 Å². The molecule has 1 aromatic carbocycles. The number of amides is 1. The lowest BCUT2D eigenvalue weighted by molar-refractivity contribution is 0.0947. The van der Waals surface area contributed by atoms with Crippen LogP contribution in [-0.2, 0) is 0 Å². The van der Waals surface area contributed by atoms with Crippen molar-refractivity contribution in [3.8, 4) is 0 Å². The lowest BCUT2D eigenvalue weighted by Crippen LogP contribution is -2.32. The average molecular weight is 234 g/mol. The molecule has 0 spiro atoms. The molecule has 0 radical (unpaired) electrons. The van der Waals surface area contributed by atoms with Crippen LogP contribution in [0.3, 0.4) is 0 Å². The van der Waals surface area contributed by atoms with Gasteiger partial charge < -0.3 is 10.6 Å². The van der Waals surface area contributed by atoms with Gasteiger partial charge in [-0.3, -0.25) is 4.79 Å². The van der Waals surface area contributed by atoms with Gasteiger partial charge in [-0.2, -0.15) is 0 Å². The molecule has 3 heteroatoms. The fourth-order valence-electron chi connectivity index (χ4n) is 1.95. The number of benzene rings is 1. The number of aryl methyl sites for hydroxylation is 2. The van der Waals surface area contributed by atoms with Crippen LogP contribution in [0.1, 0.15) is 28.4 Å². The third-order valence-corrected chi connectivity index (χ3v) is 2.87. The summed E-state index contributed by atoms with van der Waals surface area (Å²) in [6.45, 7) is 7.67. The normalized spacial score (nSPS) is 12.2. The first-order valence-electron chi connectivity index (χ1n) is 6.05. The van der Waals surface area contributed by atoms with Crippen molar-refractivity contribution >= 4 is 5.91 Å². The van der Waals surface area contributed by atoms with Gasteiger partial charge >= 0.3 is 0 Å². The van der Waals surface area contributed by atoms with E-state index in [1.807, 2.05) is 39.1 Å². The molecule has 3 nitrogen and oxygen atoms in total. The van der Waals surface area contributed by atoms with Crippen molar-refractivity contribution in [3.05, 3.63) is 34.9 Å². The minimum Gasteiger partial charge on any atom is -0.352 e. The number of nitrogens with one attached hydrogen (secondary N) is 2. The minimum absolute atomic E-state index is 0.0311. The first-order valence-corrected chi connectivity index (χ1v) is 6.05. The Labute approximate surface area is 104 Å². The van der Waals surface area contributed by atoms with Crippen molar-refractivity contribution < 1.29 is 4.79 Å². The fourth-order valence-corrected chi connectivity index (χ4v) is 1.95. The van der Waals surface area contributed by atoms with E-state index in [4.69, 9.17) is 0 Å². The van der Waals surface area contributed by atoms with Gasteiger partial charge in [0.05, 0.1) is 0 Å². The quantitative estimate of drug-likeness (QED) is 0.817. The molecule has 2 N–H and O–H groups in total.